The van der Waals surface area contributed by atoms with Crippen LogP contribution < -0.4 is 10.9 Å². The van der Waals surface area contributed by atoms with E-state index in [0.717, 1.165) is 5.56 Å². The molecule has 1 aromatic heterocycles. The number of hydrogen-bond donors (Lipinski definition) is 2. The molecule has 0 radical (unpaired) electrons. The number of fused-ring (bicyclic) bond motifs is 1. The first-order valence-corrected chi connectivity index (χ1v) is 8.08. The van der Waals surface area contributed by atoms with Gasteiger partial charge in [0.25, 0.3) is 0 Å². The van der Waals surface area contributed by atoms with Crippen molar-refractivity contribution in [3.05, 3.63) is 74.6 Å². The Kier molecular flexibility index (Phi) is 4.76. The molecule has 2 aromatic carbocycles. The Morgan fingerprint density at radius 3 is 2.64 bits per heavy atom. The van der Waals surface area contributed by atoms with Crippen LogP contribution in [0.4, 0.5) is 0 Å². The quantitative estimate of drug-likeness (QED) is 0.702. The number of hydrogen-bond acceptors (Lipinski definition) is 4. The summed E-state index contributed by atoms with van der Waals surface area (Å²) in [6.07, 6.45) is -0.0709. The lowest BCUT2D eigenvalue weighted by molar-refractivity contribution is -0.120. The Labute approximate surface area is 148 Å². The first kappa shape index (κ1) is 17.0. The largest absolute Gasteiger partial charge is 0.508 e. The van der Waals surface area contributed by atoms with E-state index in [4.69, 9.17) is 16.0 Å². The maximum atomic E-state index is 12.2. The number of benzene rings is 2. The highest BCUT2D eigenvalue weighted by Gasteiger charge is 2.15. The molecule has 3 rings (SSSR count). The molecule has 0 saturated carbocycles. The van der Waals surface area contributed by atoms with E-state index in [-0.39, 0.29) is 18.1 Å². The van der Waals surface area contributed by atoms with Crippen LogP contribution in [-0.4, -0.2) is 11.0 Å². The fourth-order valence-electron chi connectivity index (χ4n) is 2.61. The first-order chi connectivity index (χ1) is 11.9. The number of nitrogens with one attached hydrogen (secondary N) is 1. The minimum Gasteiger partial charge on any atom is -0.508 e. The summed E-state index contributed by atoms with van der Waals surface area (Å²) >= 11 is 5.83. The molecular weight excluding hydrogens is 342 g/mol. The zero-order chi connectivity index (χ0) is 18.0. The average Bonchev–Trinajstić information content (AvgIpc) is 2.58. The van der Waals surface area contributed by atoms with Gasteiger partial charge in [0.15, 0.2) is 0 Å². The van der Waals surface area contributed by atoms with E-state index in [1.165, 1.54) is 12.1 Å². The molecule has 6 heteroatoms. The molecule has 0 spiro atoms. The maximum absolute atomic E-state index is 12.2. The molecule has 0 aliphatic rings. The third-order valence-corrected chi connectivity index (χ3v) is 4.26. The summed E-state index contributed by atoms with van der Waals surface area (Å²) in [7, 11) is 0. The molecule has 128 valence electrons. The van der Waals surface area contributed by atoms with Gasteiger partial charge in [0.05, 0.1) is 12.0 Å². The van der Waals surface area contributed by atoms with E-state index >= 15 is 0 Å². The van der Waals surface area contributed by atoms with Gasteiger partial charge in [-0.15, -0.1) is 0 Å². The number of rotatable bonds is 4. The summed E-state index contributed by atoms with van der Waals surface area (Å²) in [5.74, 6) is -0.257. The third-order valence-electron chi connectivity index (χ3n) is 4.01. The Morgan fingerprint density at radius 2 is 1.92 bits per heavy atom. The normalized spacial score (nSPS) is 10.8. The van der Waals surface area contributed by atoms with Gasteiger partial charge in [0, 0.05) is 23.0 Å². The fraction of sp³-hybridized carbons (Fsp3) is 0.158. The van der Waals surface area contributed by atoms with Crippen LogP contribution in [0.5, 0.6) is 5.75 Å². The van der Waals surface area contributed by atoms with Crippen LogP contribution in [-0.2, 0) is 17.8 Å². The topological polar surface area (TPSA) is 79.5 Å². The van der Waals surface area contributed by atoms with Crippen LogP contribution >= 0.6 is 11.6 Å². The second-order valence-electron chi connectivity index (χ2n) is 5.75. The summed E-state index contributed by atoms with van der Waals surface area (Å²) in [4.78, 5) is 24.4. The molecule has 0 aliphatic carbocycles. The number of phenolic OH excluding ortho intramolecular Hbond substituents is 1. The summed E-state index contributed by atoms with van der Waals surface area (Å²) in [5, 5.41) is 13.6. The molecule has 0 aliphatic heterocycles. The van der Waals surface area contributed by atoms with Crippen LogP contribution in [0, 0.1) is 6.92 Å². The molecule has 25 heavy (non-hydrogen) atoms. The van der Waals surface area contributed by atoms with Crippen molar-refractivity contribution in [2.75, 3.05) is 0 Å². The number of amides is 1. The Hall–Kier alpha value is -2.79. The maximum Gasteiger partial charge on any atom is 0.340 e. The lowest BCUT2D eigenvalue weighted by atomic mass is 10.0. The van der Waals surface area contributed by atoms with Gasteiger partial charge in [-0.05, 0) is 42.3 Å². The van der Waals surface area contributed by atoms with Crippen molar-refractivity contribution in [2.45, 2.75) is 19.9 Å². The number of aryl methyl sites for hydroxylation is 1. The summed E-state index contributed by atoms with van der Waals surface area (Å²) in [6, 6.07) is 11.7. The zero-order valence-electron chi connectivity index (χ0n) is 13.5. The van der Waals surface area contributed by atoms with E-state index in [1.807, 2.05) is 12.1 Å². The molecule has 3 aromatic rings. The lowest BCUT2D eigenvalue weighted by Crippen LogP contribution is -2.27. The van der Waals surface area contributed by atoms with E-state index in [1.54, 1.807) is 25.1 Å². The number of phenols is 1. The van der Waals surface area contributed by atoms with Gasteiger partial charge in [-0.1, -0.05) is 23.7 Å². The van der Waals surface area contributed by atoms with Crippen molar-refractivity contribution in [3.63, 3.8) is 0 Å². The summed E-state index contributed by atoms with van der Waals surface area (Å²) in [5.41, 5.74) is 1.63. The van der Waals surface area contributed by atoms with Gasteiger partial charge in [-0.2, -0.15) is 0 Å². The molecule has 5 nitrogen and oxygen atoms in total. The predicted molar refractivity (Wildman–Crippen MR) is 95.9 cm³/mol. The highest BCUT2D eigenvalue weighted by atomic mass is 35.5. The molecule has 2 N–H and O–H groups in total. The van der Waals surface area contributed by atoms with Crippen molar-refractivity contribution in [2.24, 2.45) is 0 Å². The van der Waals surface area contributed by atoms with Crippen molar-refractivity contribution in [1.82, 2.24) is 5.32 Å². The van der Waals surface area contributed by atoms with Crippen LogP contribution in [0.25, 0.3) is 11.0 Å². The number of aromatic hydroxyl groups is 1. The molecule has 0 saturated heterocycles. The van der Waals surface area contributed by atoms with Gasteiger partial charge in [0.1, 0.15) is 11.3 Å². The van der Waals surface area contributed by atoms with Gasteiger partial charge in [-0.25, -0.2) is 4.79 Å². The molecule has 0 unspecified atom stereocenters. The fourth-order valence-corrected chi connectivity index (χ4v) is 2.74. The second kappa shape index (κ2) is 6.99. The monoisotopic (exact) mass is 357 g/mol. The van der Waals surface area contributed by atoms with E-state index in [9.17, 15) is 14.7 Å². The average molecular weight is 358 g/mol. The first-order valence-electron chi connectivity index (χ1n) is 7.70. The van der Waals surface area contributed by atoms with Gasteiger partial charge in [0.2, 0.25) is 5.91 Å². The second-order valence-corrected chi connectivity index (χ2v) is 6.19. The van der Waals surface area contributed by atoms with Gasteiger partial charge < -0.3 is 14.8 Å². The third kappa shape index (κ3) is 3.83. The summed E-state index contributed by atoms with van der Waals surface area (Å²) in [6.45, 7) is 2.11. The van der Waals surface area contributed by atoms with Crippen molar-refractivity contribution in [3.8, 4) is 5.75 Å². The van der Waals surface area contributed by atoms with Crippen LogP contribution in [0.1, 0.15) is 16.7 Å². The van der Waals surface area contributed by atoms with Crippen LogP contribution in [0.3, 0.4) is 0 Å². The summed E-state index contributed by atoms with van der Waals surface area (Å²) < 4.78 is 5.22. The number of halogens is 1. The smallest absolute Gasteiger partial charge is 0.340 e. The van der Waals surface area contributed by atoms with Crippen LogP contribution in [0.2, 0.25) is 5.02 Å². The van der Waals surface area contributed by atoms with Crippen LogP contribution in [0.15, 0.2) is 51.7 Å². The van der Waals surface area contributed by atoms with Crippen molar-refractivity contribution < 1.29 is 14.3 Å². The van der Waals surface area contributed by atoms with E-state index < -0.39 is 5.63 Å². The zero-order valence-corrected chi connectivity index (χ0v) is 14.3. The number of carbonyl (C=O) groups excluding carboxylic acids is 1. The Balaban J connectivity index is 1.77. The number of carbonyl (C=O) groups is 1. The predicted octanol–water partition coefficient (Wildman–Crippen LogP) is 3.32. The molecule has 0 fully saturated rings. The lowest BCUT2D eigenvalue weighted by Gasteiger charge is -2.09. The van der Waals surface area contributed by atoms with E-state index in [0.29, 0.717) is 33.7 Å². The Morgan fingerprint density at radius 1 is 1.20 bits per heavy atom. The molecule has 0 atom stereocenters. The molecule has 0 bridgehead atoms. The van der Waals surface area contributed by atoms with Crippen molar-refractivity contribution >= 4 is 28.5 Å². The van der Waals surface area contributed by atoms with Gasteiger partial charge in [-0.3, -0.25) is 4.79 Å². The minimum absolute atomic E-state index is 0.0171. The van der Waals surface area contributed by atoms with E-state index in [2.05, 4.69) is 5.32 Å². The van der Waals surface area contributed by atoms with Gasteiger partial charge >= 0.3 is 5.63 Å². The molecular formula is C19H16ClNO4. The highest BCUT2D eigenvalue weighted by molar-refractivity contribution is 6.30. The highest BCUT2D eigenvalue weighted by Crippen LogP contribution is 2.23. The molecule has 1 amide bonds. The standard InChI is InChI=1S/C19H16ClNO4/c1-11-15-7-6-14(22)8-17(15)25-19(24)16(11)9-18(23)21-10-12-2-4-13(20)5-3-12/h2-8,22H,9-10H2,1H3,(H,21,23). The minimum atomic E-state index is -0.572. The molecule has 1 heterocycles. The Bertz CT molecular complexity index is 993. The van der Waals surface area contributed by atoms with Crippen molar-refractivity contribution in [1.29, 1.82) is 0 Å². The SMILES string of the molecule is Cc1c(CC(=O)NCc2ccc(Cl)cc2)c(=O)oc2cc(O)ccc12.